The lowest BCUT2D eigenvalue weighted by atomic mass is 10.2. The number of hydrogen-bond acceptors (Lipinski definition) is 2. The Hall–Kier alpha value is -1.75. The summed E-state index contributed by atoms with van der Waals surface area (Å²) in [6.07, 6.45) is 0. The number of benzene rings is 1. The molecule has 5 nitrogen and oxygen atoms in total. The molecule has 0 aromatic heterocycles. The second-order valence-corrected chi connectivity index (χ2v) is 4.25. The number of carbonyl (C=O) groups is 2. The van der Waals surface area contributed by atoms with E-state index in [4.69, 9.17) is 11.6 Å². The molecule has 0 atom stereocenters. The SMILES string of the molecule is CC(=O)NCCNC(=O)Nc1cc(C)ccc1Cl. The van der Waals surface area contributed by atoms with Crippen LogP contribution >= 0.6 is 11.6 Å². The Balaban J connectivity index is 2.40. The van der Waals surface area contributed by atoms with Gasteiger partial charge in [-0.05, 0) is 24.6 Å². The van der Waals surface area contributed by atoms with E-state index < -0.39 is 0 Å². The van der Waals surface area contributed by atoms with Crippen LogP contribution in [0.3, 0.4) is 0 Å². The number of urea groups is 1. The molecule has 0 saturated carbocycles. The van der Waals surface area contributed by atoms with E-state index in [2.05, 4.69) is 16.0 Å². The lowest BCUT2D eigenvalue weighted by molar-refractivity contribution is -0.118. The molecule has 98 valence electrons. The summed E-state index contributed by atoms with van der Waals surface area (Å²) in [5.41, 5.74) is 1.57. The predicted molar refractivity (Wildman–Crippen MR) is 71.9 cm³/mol. The molecule has 0 aliphatic heterocycles. The molecule has 18 heavy (non-hydrogen) atoms. The lowest BCUT2D eigenvalue weighted by Gasteiger charge is -2.09. The number of aryl methyl sites for hydroxylation is 1. The first-order chi connectivity index (χ1) is 8.49. The highest BCUT2D eigenvalue weighted by molar-refractivity contribution is 6.33. The van der Waals surface area contributed by atoms with Gasteiger partial charge in [0.15, 0.2) is 0 Å². The van der Waals surface area contributed by atoms with Crippen LogP contribution < -0.4 is 16.0 Å². The van der Waals surface area contributed by atoms with Crippen molar-refractivity contribution in [1.82, 2.24) is 10.6 Å². The first-order valence-corrected chi connectivity index (χ1v) is 5.92. The minimum Gasteiger partial charge on any atom is -0.355 e. The maximum atomic E-state index is 11.5. The number of halogens is 1. The molecule has 3 N–H and O–H groups in total. The maximum absolute atomic E-state index is 11.5. The summed E-state index contributed by atoms with van der Waals surface area (Å²) in [5.74, 6) is -0.126. The lowest BCUT2D eigenvalue weighted by Crippen LogP contribution is -2.36. The van der Waals surface area contributed by atoms with Crippen molar-refractivity contribution in [2.45, 2.75) is 13.8 Å². The summed E-state index contributed by atoms with van der Waals surface area (Å²) in [6, 6.07) is 5.02. The van der Waals surface area contributed by atoms with Gasteiger partial charge in [-0.15, -0.1) is 0 Å². The average Bonchev–Trinajstić information content (AvgIpc) is 2.29. The highest BCUT2D eigenvalue weighted by atomic mass is 35.5. The smallest absolute Gasteiger partial charge is 0.319 e. The normalized spacial score (nSPS) is 9.72. The molecule has 1 aromatic rings. The van der Waals surface area contributed by atoms with Gasteiger partial charge in [0.25, 0.3) is 0 Å². The first kappa shape index (κ1) is 14.3. The molecule has 0 aliphatic carbocycles. The molecule has 0 spiro atoms. The fourth-order valence-corrected chi connectivity index (χ4v) is 1.48. The second kappa shape index (κ2) is 6.86. The average molecular weight is 270 g/mol. The Morgan fingerprint density at radius 1 is 1.22 bits per heavy atom. The molecular formula is C12H16ClN3O2. The number of rotatable bonds is 4. The maximum Gasteiger partial charge on any atom is 0.319 e. The van der Waals surface area contributed by atoms with Gasteiger partial charge < -0.3 is 16.0 Å². The Bertz CT molecular complexity index is 449. The van der Waals surface area contributed by atoms with Crippen LogP contribution in [0.15, 0.2) is 18.2 Å². The Morgan fingerprint density at radius 3 is 2.56 bits per heavy atom. The fraction of sp³-hybridized carbons (Fsp3) is 0.333. The van der Waals surface area contributed by atoms with E-state index in [1.165, 1.54) is 6.92 Å². The number of anilines is 1. The van der Waals surface area contributed by atoms with E-state index in [1.807, 2.05) is 13.0 Å². The molecule has 0 heterocycles. The van der Waals surface area contributed by atoms with Gasteiger partial charge >= 0.3 is 6.03 Å². The number of hydrogen-bond donors (Lipinski definition) is 3. The molecule has 0 bridgehead atoms. The first-order valence-electron chi connectivity index (χ1n) is 5.54. The molecule has 1 aromatic carbocycles. The zero-order valence-electron chi connectivity index (χ0n) is 10.3. The number of nitrogens with one attached hydrogen (secondary N) is 3. The molecule has 0 radical (unpaired) electrons. The summed E-state index contributed by atoms with van der Waals surface area (Å²) in [4.78, 5) is 22.1. The van der Waals surface area contributed by atoms with E-state index in [-0.39, 0.29) is 11.9 Å². The van der Waals surface area contributed by atoms with Crippen LogP contribution in [0.25, 0.3) is 0 Å². The van der Waals surface area contributed by atoms with E-state index in [0.29, 0.717) is 23.8 Å². The third-order valence-corrected chi connectivity index (χ3v) is 2.48. The molecule has 0 fully saturated rings. The molecule has 0 saturated heterocycles. The van der Waals surface area contributed by atoms with Crippen LogP contribution in [0.2, 0.25) is 5.02 Å². The third-order valence-electron chi connectivity index (χ3n) is 2.15. The van der Waals surface area contributed by atoms with Crippen molar-refractivity contribution in [2.75, 3.05) is 18.4 Å². The highest BCUT2D eigenvalue weighted by Gasteiger charge is 2.05. The van der Waals surface area contributed by atoms with Crippen molar-refractivity contribution in [3.05, 3.63) is 28.8 Å². The Morgan fingerprint density at radius 2 is 1.89 bits per heavy atom. The van der Waals surface area contributed by atoms with Crippen molar-refractivity contribution < 1.29 is 9.59 Å². The minimum atomic E-state index is -0.354. The van der Waals surface area contributed by atoms with Gasteiger partial charge in [-0.2, -0.15) is 0 Å². The van der Waals surface area contributed by atoms with Crippen LogP contribution in [0.5, 0.6) is 0 Å². The topological polar surface area (TPSA) is 70.2 Å². The van der Waals surface area contributed by atoms with Gasteiger partial charge in [-0.1, -0.05) is 17.7 Å². The molecule has 6 heteroatoms. The molecule has 1 rings (SSSR count). The highest BCUT2D eigenvalue weighted by Crippen LogP contribution is 2.22. The third kappa shape index (κ3) is 5.05. The van der Waals surface area contributed by atoms with Crippen molar-refractivity contribution in [2.24, 2.45) is 0 Å². The Labute approximate surface area is 111 Å². The quantitative estimate of drug-likeness (QED) is 0.731. The van der Waals surface area contributed by atoms with E-state index in [9.17, 15) is 9.59 Å². The summed E-state index contributed by atoms with van der Waals surface area (Å²) in [5, 5.41) is 8.32. The summed E-state index contributed by atoms with van der Waals surface area (Å²) >= 11 is 5.94. The summed E-state index contributed by atoms with van der Waals surface area (Å²) in [7, 11) is 0. The van der Waals surface area contributed by atoms with Gasteiger partial charge in [0.1, 0.15) is 0 Å². The summed E-state index contributed by atoms with van der Waals surface area (Å²) < 4.78 is 0. The van der Waals surface area contributed by atoms with Crippen molar-refractivity contribution in [1.29, 1.82) is 0 Å². The number of carbonyl (C=O) groups excluding carboxylic acids is 2. The standard InChI is InChI=1S/C12H16ClN3O2/c1-8-3-4-10(13)11(7-8)16-12(18)15-6-5-14-9(2)17/h3-4,7H,5-6H2,1-2H3,(H,14,17)(H2,15,16,18). The van der Waals surface area contributed by atoms with Crippen molar-refractivity contribution in [3.8, 4) is 0 Å². The van der Waals surface area contributed by atoms with Crippen molar-refractivity contribution >= 4 is 29.2 Å². The van der Waals surface area contributed by atoms with Gasteiger partial charge in [-0.25, -0.2) is 4.79 Å². The van der Waals surface area contributed by atoms with Crippen LogP contribution in [0, 0.1) is 6.92 Å². The second-order valence-electron chi connectivity index (χ2n) is 3.85. The van der Waals surface area contributed by atoms with E-state index in [0.717, 1.165) is 5.56 Å². The molecule has 3 amide bonds. The van der Waals surface area contributed by atoms with Crippen LogP contribution in [-0.2, 0) is 4.79 Å². The van der Waals surface area contributed by atoms with Crippen molar-refractivity contribution in [3.63, 3.8) is 0 Å². The van der Waals surface area contributed by atoms with E-state index in [1.54, 1.807) is 12.1 Å². The van der Waals surface area contributed by atoms with Crippen LogP contribution in [0.1, 0.15) is 12.5 Å². The Kier molecular flexibility index (Phi) is 5.45. The van der Waals surface area contributed by atoms with Gasteiger partial charge in [0, 0.05) is 20.0 Å². The molecule has 0 unspecified atom stereocenters. The zero-order chi connectivity index (χ0) is 13.5. The fourth-order valence-electron chi connectivity index (χ4n) is 1.32. The van der Waals surface area contributed by atoms with E-state index >= 15 is 0 Å². The number of amides is 3. The van der Waals surface area contributed by atoms with Gasteiger partial charge in [-0.3, -0.25) is 4.79 Å². The molecule has 0 aliphatic rings. The van der Waals surface area contributed by atoms with Crippen LogP contribution in [-0.4, -0.2) is 25.0 Å². The van der Waals surface area contributed by atoms with Crippen LogP contribution in [0.4, 0.5) is 10.5 Å². The summed E-state index contributed by atoms with van der Waals surface area (Å²) in [6.45, 7) is 4.09. The van der Waals surface area contributed by atoms with Gasteiger partial charge in [0.2, 0.25) is 5.91 Å². The molecular weight excluding hydrogens is 254 g/mol. The minimum absolute atomic E-state index is 0.126. The predicted octanol–water partition coefficient (Wildman–Crippen LogP) is 1.91. The van der Waals surface area contributed by atoms with Gasteiger partial charge in [0.05, 0.1) is 10.7 Å². The zero-order valence-corrected chi connectivity index (χ0v) is 11.1. The monoisotopic (exact) mass is 269 g/mol. The largest absolute Gasteiger partial charge is 0.355 e.